The molecule has 0 bridgehead atoms. The Morgan fingerprint density at radius 2 is 1.06 bits per heavy atom. The third-order valence-corrected chi connectivity index (χ3v) is 2.93. The number of para-hydroxylation sites is 2. The van der Waals surface area contributed by atoms with Crippen molar-refractivity contribution in [1.29, 1.82) is 0 Å². The molecule has 2 heterocycles. The van der Waals surface area contributed by atoms with E-state index < -0.39 is 0 Å². The Bertz CT molecular complexity index is 742. The molecule has 0 N–H and O–H groups in total. The van der Waals surface area contributed by atoms with Gasteiger partial charge in [-0.05, 0) is 24.3 Å². The first-order valence-corrected chi connectivity index (χ1v) is 5.67. The SMILES string of the molecule is c1ccc2nc3cc4nccnc4cc3nc2c1. The van der Waals surface area contributed by atoms with Crippen molar-refractivity contribution in [3.8, 4) is 0 Å². The maximum absolute atomic E-state index is 4.60. The van der Waals surface area contributed by atoms with Crippen LogP contribution in [0.5, 0.6) is 0 Å². The van der Waals surface area contributed by atoms with E-state index in [1.165, 1.54) is 0 Å². The molecule has 0 amide bonds. The normalized spacial score (nSPS) is 11.3. The molecule has 0 unspecified atom stereocenters. The first kappa shape index (κ1) is 9.41. The van der Waals surface area contributed by atoms with Gasteiger partial charge in [0.05, 0.1) is 33.1 Å². The standard InChI is InChI=1S/C14H8N4/c1-2-4-10-9(3-1)17-13-7-11-12(8-14(13)18-10)16-6-5-15-11/h1-8H. The van der Waals surface area contributed by atoms with Crippen LogP contribution in [0.1, 0.15) is 0 Å². The Morgan fingerprint density at radius 3 is 1.56 bits per heavy atom. The van der Waals surface area contributed by atoms with E-state index in [9.17, 15) is 0 Å². The van der Waals surface area contributed by atoms with E-state index in [-0.39, 0.29) is 0 Å². The Hall–Kier alpha value is -2.62. The second-order valence-electron chi connectivity index (χ2n) is 4.10. The summed E-state index contributed by atoms with van der Waals surface area (Å²) >= 11 is 0. The van der Waals surface area contributed by atoms with Gasteiger partial charge in [-0.1, -0.05) is 12.1 Å². The predicted octanol–water partition coefficient (Wildman–Crippen LogP) is 2.73. The van der Waals surface area contributed by atoms with Gasteiger partial charge in [-0.15, -0.1) is 0 Å². The summed E-state index contributed by atoms with van der Waals surface area (Å²) in [6.07, 6.45) is 3.37. The maximum atomic E-state index is 4.60. The highest BCUT2D eigenvalue weighted by Crippen LogP contribution is 2.19. The number of rotatable bonds is 0. The molecule has 2 aromatic heterocycles. The fourth-order valence-corrected chi connectivity index (χ4v) is 2.08. The summed E-state index contributed by atoms with van der Waals surface area (Å²) in [5, 5.41) is 0. The van der Waals surface area contributed by atoms with Gasteiger partial charge in [0.1, 0.15) is 0 Å². The second-order valence-corrected chi connectivity index (χ2v) is 4.10. The molecule has 0 aliphatic carbocycles. The molecule has 0 fully saturated rings. The van der Waals surface area contributed by atoms with Crippen LogP contribution < -0.4 is 0 Å². The Kier molecular flexibility index (Phi) is 1.80. The molecule has 0 aliphatic heterocycles. The van der Waals surface area contributed by atoms with Crippen LogP contribution in [0.15, 0.2) is 48.8 Å². The Morgan fingerprint density at radius 1 is 0.556 bits per heavy atom. The van der Waals surface area contributed by atoms with Crippen LogP contribution in [0.2, 0.25) is 0 Å². The summed E-state index contributed by atoms with van der Waals surface area (Å²) in [4.78, 5) is 17.8. The summed E-state index contributed by atoms with van der Waals surface area (Å²) in [6.45, 7) is 0. The largest absolute Gasteiger partial charge is 0.253 e. The summed E-state index contributed by atoms with van der Waals surface area (Å²) in [7, 11) is 0. The third kappa shape index (κ3) is 1.32. The van der Waals surface area contributed by atoms with Crippen LogP contribution in [-0.4, -0.2) is 19.9 Å². The first-order chi connectivity index (χ1) is 8.90. The number of aromatic nitrogens is 4. The molecular formula is C14H8N4. The van der Waals surface area contributed by atoms with Crippen molar-refractivity contribution in [3.63, 3.8) is 0 Å². The molecule has 0 aliphatic rings. The number of nitrogens with zero attached hydrogens (tertiary/aromatic N) is 4. The summed E-state index contributed by atoms with van der Waals surface area (Å²) in [5.41, 5.74) is 5.18. The maximum Gasteiger partial charge on any atom is 0.0917 e. The van der Waals surface area contributed by atoms with Gasteiger partial charge in [0, 0.05) is 12.4 Å². The van der Waals surface area contributed by atoms with Gasteiger partial charge < -0.3 is 0 Å². The molecule has 4 aromatic rings. The van der Waals surface area contributed by atoms with Crippen molar-refractivity contribution in [2.24, 2.45) is 0 Å². The summed E-state index contributed by atoms with van der Waals surface area (Å²) < 4.78 is 0. The van der Waals surface area contributed by atoms with E-state index in [0.717, 1.165) is 33.1 Å². The van der Waals surface area contributed by atoms with Gasteiger partial charge in [0.15, 0.2) is 0 Å². The number of hydrogen-bond donors (Lipinski definition) is 0. The minimum absolute atomic E-state index is 0.842. The average Bonchev–Trinajstić information content (AvgIpc) is 2.42. The van der Waals surface area contributed by atoms with Gasteiger partial charge in [-0.2, -0.15) is 0 Å². The van der Waals surface area contributed by atoms with Gasteiger partial charge in [0.2, 0.25) is 0 Å². The molecule has 0 spiro atoms. The molecule has 0 saturated heterocycles. The predicted molar refractivity (Wildman–Crippen MR) is 70.1 cm³/mol. The zero-order chi connectivity index (χ0) is 11.9. The minimum Gasteiger partial charge on any atom is -0.253 e. The fourth-order valence-electron chi connectivity index (χ4n) is 2.08. The lowest BCUT2D eigenvalue weighted by Crippen LogP contribution is -1.89. The monoisotopic (exact) mass is 232 g/mol. The number of fused-ring (bicyclic) bond motifs is 3. The van der Waals surface area contributed by atoms with Crippen molar-refractivity contribution in [2.75, 3.05) is 0 Å². The first-order valence-electron chi connectivity index (χ1n) is 5.67. The highest BCUT2D eigenvalue weighted by Gasteiger charge is 2.04. The lowest BCUT2D eigenvalue weighted by atomic mass is 10.2. The highest BCUT2D eigenvalue weighted by atomic mass is 14.8. The highest BCUT2D eigenvalue weighted by molar-refractivity contribution is 5.94. The lowest BCUT2D eigenvalue weighted by molar-refractivity contribution is 1.29. The smallest absolute Gasteiger partial charge is 0.0917 e. The molecule has 4 rings (SSSR count). The third-order valence-electron chi connectivity index (χ3n) is 2.93. The van der Waals surface area contributed by atoms with Gasteiger partial charge in [0.25, 0.3) is 0 Å². The molecular weight excluding hydrogens is 224 g/mol. The number of benzene rings is 2. The molecule has 0 atom stereocenters. The topological polar surface area (TPSA) is 51.6 Å². The van der Waals surface area contributed by atoms with Crippen LogP contribution >= 0.6 is 0 Å². The molecule has 18 heavy (non-hydrogen) atoms. The van der Waals surface area contributed by atoms with Crippen LogP contribution in [-0.2, 0) is 0 Å². The van der Waals surface area contributed by atoms with Crippen molar-refractivity contribution in [3.05, 3.63) is 48.8 Å². The van der Waals surface area contributed by atoms with Crippen molar-refractivity contribution < 1.29 is 0 Å². The fraction of sp³-hybridized carbons (Fsp3) is 0. The number of hydrogen-bond acceptors (Lipinski definition) is 4. The van der Waals surface area contributed by atoms with Gasteiger partial charge in [-0.25, -0.2) is 9.97 Å². The zero-order valence-corrected chi connectivity index (χ0v) is 9.41. The van der Waals surface area contributed by atoms with E-state index in [2.05, 4.69) is 19.9 Å². The van der Waals surface area contributed by atoms with E-state index >= 15 is 0 Å². The molecule has 84 valence electrons. The van der Waals surface area contributed by atoms with E-state index in [4.69, 9.17) is 0 Å². The zero-order valence-electron chi connectivity index (χ0n) is 9.41. The van der Waals surface area contributed by atoms with E-state index in [0.29, 0.717) is 0 Å². The van der Waals surface area contributed by atoms with Crippen molar-refractivity contribution in [1.82, 2.24) is 19.9 Å². The van der Waals surface area contributed by atoms with E-state index in [1.807, 2.05) is 36.4 Å². The van der Waals surface area contributed by atoms with Crippen molar-refractivity contribution in [2.45, 2.75) is 0 Å². The van der Waals surface area contributed by atoms with Gasteiger partial charge in [-0.3, -0.25) is 9.97 Å². The van der Waals surface area contributed by atoms with Crippen LogP contribution in [0.4, 0.5) is 0 Å². The molecule has 4 heteroatoms. The van der Waals surface area contributed by atoms with Crippen LogP contribution in [0.3, 0.4) is 0 Å². The Labute approximate surface area is 102 Å². The summed E-state index contributed by atoms with van der Waals surface area (Å²) in [6, 6.07) is 11.7. The molecule has 2 aromatic carbocycles. The molecule has 4 nitrogen and oxygen atoms in total. The Balaban J connectivity index is 2.20. The van der Waals surface area contributed by atoms with Crippen molar-refractivity contribution >= 4 is 33.1 Å². The second kappa shape index (κ2) is 3.43. The molecule has 0 radical (unpaired) electrons. The lowest BCUT2D eigenvalue weighted by Gasteiger charge is -2.02. The summed E-state index contributed by atoms with van der Waals surface area (Å²) in [5.74, 6) is 0. The van der Waals surface area contributed by atoms with Gasteiger partial charge >= 0.3 is 0 Å². The van der Waals surface area contributed by atoms with Crippen LogP contribution in [0.25, 0.3) is 33.1 Å². The van der Waals surface area contributed by atoms with E-state index in [1.54, 1.807) is 12.4 Å². The average molecular weight is 232 g/mol. The quantitative estimate of drug-likeness (QED) is 0.437. The van der Waals surface area contributed by atoms with Crippen LogP contribution in [0, 0.1) is 0 Å². The molecule has 0 saturated carbocycles. The minimum atomic E-state index is 0.842.